The van der Waals surface area contributed by atoms with Crippen molar-refractivity contribution in [3.05, 3.63) is 133 Å². The lowest BCUT2D eigenvalue weighted by molar-refractivity contribution is 1.05. The Balaban J connectivity index is 1.26. The molecule has 39 heavy (non-hydrogen) atoms. The lowest BCUT2D eigenvalue weighted by atomic mass is 10.0. The fourth-order valence-corrected chi connectivity index (χ4v) is 5.74. The second-order valence-electron chi connectivity index (χ2n) is 9.70. The monoisotopic (exact) mass is 502 g/mol. The van der Waals surface area contributed by atoms with Crippen LogP contribution in [0.2, 0.25) is 0 Å². The minimum absolute atomic E-state index is 0.972. The van der Waals surface area contributed by atoms with Crippen molar-refractivity contribution in [2.75, 3.05) is 0 Å². The van der Waals surface area contributed by atoms with E-state index in [0.29, 0.717) is 0 Å². The summed E-state index contributed by atoms with van der Waals surface area (Å²) in [4.78, 5) is 4.71. The Bertz CT molecular complexity index is 1970. The van der Waals surface area contributed by atoms with Gasteiger partial charge in [0.05, 0.1) is 11.0 Å². The minimum Gasteiger partial charge on any atom is -0.313 e. The molecule has 4 aromatic carbocycles. The van der Waals surface area contributed by atoms with Gasteiger partial charge in [0.2, 0.25) is 0 Å². The average molecular weight is 503 g/mol. The van der Waals surface area contributed by atoms with Crippen LogP contribution in [0.15, 0.2) is 121 Å². The van der Waals surface area contributed by atoms with Crippen molar-refractivity contribution in [3.8, 4) is 22.5 Å². The number of fused-ring (bicyclic) bond motifs is 4. The highest BCUT2D eigenvalue weighted by Crippen LogP contribution is 2.33. The van der Waals surface area contributed by atoms with Crippen molar-refractivity contribution in [1.29, 1.82) is 5.41 Å². The third-order valence-electron chi connectivity index (χ3n) is 7.54. The summed E-state index contributed by atoms with van der Waals surface area (Å²) < 4.78 is 4.53. The van der Waals surface area contributed by atoms with E-state index in [0.717, 1.165) is 44.7 Å². The molecule has 3 aromatic heterocycles. The second kappa shape index (κ2) is 9.26. The van der Waals surface area contributed by atoms with Gasteiger partial charge in [0.1, 0.15) is 5.65 Å². The molecule has 3 heterocycles. The van der Waals surface area contributed by atoms with E-state index in [9.17, 15) is 0 Å². The number of allylic oxidation sites excluding steroid dienone is 1. The zero-order chi connectivity index (χ0) is 26.3. The lowest BCUT2D eigenvalue weighted by Crippen LogP contribution is -1.97. The summed E-state index contributed by atoms with van der Waals surface area (Å²) in [6.45, 7) is 2.14. The van der Waals surface area contributed by atoms with Gasteiger partial charge in [-0.1, -0.05) is 66.7 Å². The van der Waals surface area contributed by atoms with E-state index in [1.54, 1.807) is 6.08 Å². The molecule has 0 amide bonds. The predicted octanol–water partition coefficient (Wildman–Crippen LogP) is 8.76. The highest BCUT2D eigenvalue weighted by atomic mass is 15.0. The van der Waals surface area contributed by atoms with Gasteiger partial charge < -0.3 is 9.98 Å². The highest BCUT2D eigenvalue weighted by molar-refractivity contribution is 6.07. The predicted molar refractivity (Wildman–Crippen MR) is 163 cm³/mol. The molecular weight excluding hydrogens is 476 g/mol. The molecule has 4 nitrogen and oxygen atoms in total. The quantitative estimate of drug-likeness (QED) is 0.235. The van der Waals surface area contributed by atoms with Crippen LogP contribution in [-0.4, -0.2) is 20.3 Å². The van der Waals surface area contributed by atoms with Crippen molar-refractivity contribution in [2.24, 2.45) is 0 Å². The smallest absolute Gasteiger partial charge is 0.145 e. The summed E-state index contributed by atoms with van der Waals surface area (Å²) in [5, 5.41) is 11.0. The molecule has 0 aliphatic carbocycles. The summed E-state index contributed by atoms with van der Waals surface area (Å²) in [5.74, 6) is 0. The van der Waals surface area contributed by atoms with Crippen LogP contribution in [0.25, 0.3) is 61.4 Å². The molecular formula is C35H26N4. The topological polar surface area (TPSA) is 46.6 Å². The maximum atomic E-state index is 7.41. The summed E-state index contributed by atoms with van der Waals surface area (Å²) in [7, 11) is 0. The number of nitrogens with zero attached hydrogens (tertiary/aromatic N) is 3. The van der Waals surface area contributed by atoms with Gasteiger partial charge in [-0.2, -0.15) is 0 Å². The van der Waals surface area contributed by atoms with Gasteiger partial charge in [0.15, 0.2) is 0 Å². The van der Waals surface area contributed by atoms with E-state index in [-0.39, 0.29) is 0 Å². The van der Waals surface area contributed by atoms with E-state index in [2.05, 4.69) is 119 Å². The number of hydrogen-bond acceptors (Lipinski definition) is 2. The van der Waals surface area contributed by atoms with Crippen molar-refractivity contribution < 1.29 is 0 Å². The maximum absolute atomic E-state index is 7.41. The van der Waals surface area contributed by atoms with Crippen molar-refractivity contribution in [1.82, 2.24) is 14.1 Å². The number of pyridine rings is 1. The van der Waals surface area contributed by atoms with Crippen LogP contribution >= 0.6 is 0 Å². The van der Waals surface area contributed by atoms with Gasteiger partial charge in [-0.3, -0.25) is 4.57 Å². The molecule has 7 aromatic rings. The standard InChI is InChI=1S/C35H26N4/c1-24-29(10-6-22-36)30-8-2-4-12-33(30)38(24)27-18-14-25(15-19-27)26-16-20-28(21-17-26)39-34-13-5-3-9-31(34)32-11-7-23-37-35(32)39/h2-23,36H,1H3/b10-6-,36-22?. The Morgan fingerprint density at radius 3 is 1.85 bits per heavy atom. The fraction of sp³-hybridized carbons (Fsp3) is 0.0286. The molecule has 0 atom stereocenters. The van der Waals surface area contributed by atoms with Gasteiger partial charge in [-0.15, -0.1) is 0 Å². The Hall–Kier alpha value is -5.22. The molecule has 0 radical (unpaired) electrons. The zero-order valence-corrected chi connectivity index (χ0v) is 21.5. The van der Waals surface area contributed by atoms with Crippen molar-refractivity contribution >= 4 is 45.1 Å². The summed E-state index contributed by atoms with van der Waals surface area (Å²) >= 11 is 0. The van der Waals surface area contributed by atoms with Crippen LogP contribution < -0.4 is 0 Å². The number of para-hydroxylation sites is 2. The van der Waals surface area contributed by atoms with Gasteiger partial charge in [0.25, 0.3) is 0 Å². The molecule has 4 heteroatoms. The molecule has 0 saturated carbocycles. The summed E-state index contributed by atoms with van der Waals surface area (Å²) in [6.07, 6.45) is 6.98. The van der Waals surface area contributed by atoms with E-state index in [1.807, 2.05) is 18.3 Å². The Morgan fingerprint density at radius 2 is 1.18 bits per heavy atom. The third-order valence-corrected chi connectivity index (χ3v) is 7.54. The largest absolute Gasteiger partial charge is 0.313 e. The van der Waals surface area contributed by atoms with Crippen LogP contribution in [-0.2, 0) is 0 Å². The van der Waals surface area contributed by atoms with Gasteiger partial charge >= 0.3 is 0 Å². The molecule has 0 saturated heterocycles. The van der Waals surface area contributed by atoms with Crippen LogP contribution in [0, 0.1) is 12.3 Å². The third kappa shape index (κ3) is 3.69. The van der Waals surface area contributed by atoms with Crippen LogP contribution in [0.1, 0.15) is 11.3 Å². The molecule has 1 N–H and O–H groups in total. The molecule has 0 aliphatic rings. The fourth-order valence-electron chi connectivity index (χ4n) is 5.74. The van der Waals surface area contributed by atoms with Crippen LogP contribution in [0.5, 0.6) is 0 Å². The number of benzene rings is 4. The molecule has 7 rings (SSSR count). The Morgan fingerprint density at radius 1 is 0.615 bits per heavy atom. The molecule has 0 spiro atoms. The Labute approximate surface area is 226 Å². The van der Waals surface area contributed by atoms with E-state index in [4.69, 9.17) is 10.4 Å². The summed E-state index contributed by atoms with van der Waals surface area (Å²) in [5.41, 5.74) is 10.2. The molecule has 0 fully saturated rings. The second-order valence-corrected chi connectivity index (χ2v) is 9.70. The first-order chi connectivity index (χ1) is 19.2. The molecule has 186 valence electrons. The van der Waals surface area contributed by atoms with Crippen molar-refractivity contribution in [2.45, 2.75) is 6.92 Å². The first-order valence-electron chi connectivity index (χ1n) is 13.1. The summed E-state index contributed by atoms with van der Waals surface area (Å²) in [6, 6.07) is 38.5. The van der Waals surface area contributed by atoms with E-state index < -0.39 is 0 Å². The Kier molecular flexibility index (Phi) is 5.45. The van der Waals surface area contributed by atoms with Gasteiger partial charge in [-0.05, 0) is 72.7 Å². The minimum atomic E-state index is 0.972. The average Bonchev–Trinajstić information content (AvgIpc) is 3.48. The number of aromatic nitrogens is 3. The van der Waals surface area contributed by atoms with Gasteiger partial charge in [0, 0.05) is 51.2 Å². The maximum Gasteiger partial charge on any atom is 0.145 e. The first-order valence-corrected chi connectivity index (χ1v) is 13.1. The first kappa shape index (κ1) is 22.9. The number of rotatable bonds is 5. The normalized spacial score (nSPS) is 11.7. The number of hydrogen-bond donors (Lipinski definition) is 1. The van der Waals surface area contributed by atoms with Crippen molar-refractivity contribution in [3.63, 3.8) is 0 Å². The molecule has 0 bridgehead atoms. The zero-order valence-electron chi connectivity index (χ0n) is 21.5. The van der Waals surface area contributed by atoms with Gasteiger partial charge in [-0.25, -0.2) is 4.98 Å². The van der Waals surface area contributed by atoms with Crippen LogP contribution in [0.3, 0.4) is 0 Å². The van der Waals surface area contributed by atoms with E-state index in [1.165, 1.54) is 28.1 Å². The SMILES string of the molecule is Cc1c(/C=C\C=N)c2ccccc2n1-c1ccc(-c2ccc(-n3c4ccccc4c4cccnc43)cc2)cc1. The molecule has 0 aliphatic heterocycles. The molecule has 0 unspecified atom stereocenters. The highest BCUT2D eigenvalue weighted by Gasteiger charge is 2.14. The van der Waals surface area contributed by atoms with Crippen LogP contribution in [0.4, 0.5) is 0 Å². The van der Waals surface area contributed by atoms with E-state index >= 15 is 0 Å². The lowest BCUT2D eigenvalue weighted by Gasteiger charge is -2.11. The number of nitrogens with one attached hydrogen (secondary N) is 1.